The highest BCUT2D eigenvalue weighted by Crippen LogP contribution is 2.70. The molecule has 4 heteroatoms. The third-order valence-electron chi connectivity index (χ3n) is 7.02. The number of hydrogen-bond donors (Lipinski definition) is 1. The van der Waals surface area contributed by atoms with E-state index >= 15 is 0 Å². The maximum absolute atomic E-state index is 13.3. The normalized spacial score (nSPS) is 30.7. The molecule has 4 rings (SSSR count). The molecule has 1 aromatic carbocycles. The molecular formula is C20H22N2O2. The van der Waals surface area contributed by atoms with Gasteiger partial charge in [-0.2, -0.15) is 0 Å². The molecule has 2 fully saturated rings. The molecule has 2 bridgehead atoms. The molecule has 4 nitrogen and oxygen atoms in total. The van der Waals surface area contributed by atoms with Crippen molar-refractivity contribution in [2.24, 2.45) is 16.2 Å². The minimum atomic E-state index is -0.615. The van der Waals surface area contributed by atoms with E-state index in [2.05, 4.69) is 24.1 Å². The molecule has 0 saturated heterocycles. The minimum absolute atomic E-state index is 0.0415. The number of carbonyl (C=O) groups excluding carboxylic acids is 2. The van der Waals surface area contributed by atoms with Crippen LogP contribution in [0, 0.1) is 16.2 Å². The average molecular weight is 322 g/mol. The molecule has 0 aliphatic heterocycles. The fourth-order valence-electron chi connectivity index (χ4n) is 4.81. The Bertz CT molecular complexity index is 868. The molecule has 124 valence electrons. The van der Waals surface area contributed by atoms with Crippen LogP contribution in [0.25, 0.3) is 10.9 Å². The Morgan fingerprint density at radius 1 is 1.12 bits per heavy atom. The Labute approximate surface area is 141 Å². The van der Waals surface area contributed by atoms with E-state index in [9.17, 15) is 9.59 Å². The first-order chi connectivity index (χ1) is 11.3. The number of fused-ring (bicyclic) bond motifs is 3. The summed E-state index contributed by atoms with van der Waals surface area (Å²) >= 11 is 0. The second-order valence-corrected chi connectivity index (χ2v) is 7.97. The van der Waals surface area contributed by atoms with Crippen LogP contribution in [0.15, 0.2) is 36.5 Å². The Hall–Kier alpha value is -2.23. The second-order valence-electron chi connectivity index (χ2n) is 7.97. The van der Waals surface area contributed by atoms with Gasteiger partial charge in [0.25, 0.3) is 0 Å². The molecule has 2 atom stereocenters. The fraction of sp³-hybridized carbons (Fsp3) is 0.450. The Kier molecular flexibility index (Phi) is 2.97. The molecule has 0 radical (unpaired) electrons. The van der Waals surface area contributed by atoms with Gasteiger partial charge in [-0.1, -0.05) is 39.0 Å². The Balaban J connectivity index is 1.74. The summed E-state index contributed by atoms with van der Waals surface area (Å²) in [5, 5.41) is 4.08. The third kappa shape index (κ3) is 1.66. The summed E-state index contributed by atoms with van der Waals surface area (Å²) in [5.41, 5.74) is 0.167. The van der Waals surface area contributed by atoms with Crippen molar-refractivity contribution in [3.05, 3.63) is 36.5 Å². The molecule has 24 heavy (non-hydrogen) atoms. The monoisotopic (exact) mass is 322 g/mol. The number of rotatable bonds is 2. The molecule has 1 amide bonds. The zero-order chi connectivity index (χ0) is 17.2. The molecule has 1 aromatic heterocycles. The van der Waals surface area contributed by atoms with Crippen molar-refractivity contribution in [3.8, 4) is 0 Å². The van der Waals surface area contributed by atoms with Gasteiger partial charge in [0.2, 0.25) is 5.91 Å². The van der Waals surface area contributed by atoms with E-state index in [1.165, 1.54) is 0 Å². The Morgan fingerprint density at radius 2 is 1.88 bits per heavy atom. The predicted octanol–water partition coefficient (Wildman–Crippen LogP) is 3.96. The number of hydrogen-bond acceptors (Lipinski definition) is 3. The van der Waals surface area contributed by atoms with Gasteiger partial charge in [-0.05, 0) is 30.4 Å². The van der Waals surface area contributed by atoms with Crippen LogP contribution < -0.4 is 5.32 Å². The van der Waals surface area contributed by atoms with Gasteiger partial charge in [0.15, 0.2) is 0 Å². The molecule has 2 aliphatic carbocycles. The van der Waals surface area contributed by atoms with E-state index < -0.39 is 5.41 Å². The highest BCUT2D eigenvalue weighted by Gasteiger charge is 2.72. The molecular weight excluding hydrogens is 300 g/mol. The van der Waals surface area contributed by atoms with Crippen molar-refractivity contribution >= 4 is 28.3 Å². The lowest BCUT2D eigenvalue weighted by atomic mass is 9.64. The summed E-state index contributed by atoms with van der Waals surface area (Å²) in [6, 6.07) is 9.63. The lowest BCUT2D eigenvalue weighted by molar-refractivity contribution is -0.131. The molecule has 2 saturated carbocycles. The maximum Gasteiger partial charge on any atom is 0.231 e. The number of pyridine rings is 1. The number of ketones is 1. The Morgan fingerprint density at radius 3 is 2.54 bits per heavy atom. The van der Waals surface area contributed by atoms with Gasteiger partial charge in [0.1, 0.15) is 5.78 Å². The summed E-state index contributed by atoms with van der Waals surface area (Å²) < 4.78 is 0. The zero-order valence-corrected chi connectivity index (χ0v) is 14.3. The third-order valence-corrected chi connectivity index (χ3v) is 7.02. The van der Waals surface area contributed by atoms with Crippen molar-refractivity contribution in [1.29, 1.82) is 0 Å². The first-order valence-corrected chi connectivity index (χ1v) is 8.50. The SMILES string of the molecule is CC1(C)[C@@]2(C(=O)Nc3cccc4cccnc34)CC[C@]1(C)C(=O)C2. The predicted molar refractivity (Wildman–Crippen MR) is 93.6 cm³/mol. The van der Waals surface area contributed by atoms with Crippen molar-refractivity contribution in [2.45, 2.75) is 40.0 Å². The van der Waals surface area contributed by atoms with Crippen LogP contribution in [0.5, 0.6) is 0 Å². The van der Waals surface area contributed by atoms with Gasteiger partial charge in [0, 0.05) is 23.4 Å². The maximum atomic E-state index is 13.3. The first-order valence-electron chi connectivity index (χ1n) is 8.50. The van der Waals surface area contributed by atoms with Crippen LogP contribution in [-0.2, 0) is 9.59 Å². The number of benzene rings is 1. The molecule has 1 N–H and O–H groups in total. The van der Waals surface area contributed by atoms with Crippen molar-refractivity contribution in [1.82, 2.24) is 4.98 Å². The van der Waals surface area contributed by atoms with E-state index in [1.807, 2.05) is 37.3 Å². The summed E-state index contributed by atoms with van der Waals surface area (Å²) in [5.74, 6) is 0.185. The van der Waals surface area contributed by atoms with Crippen LogP contribution >= 0.6 is 0 Å². The number of anilines is 1. The standard InChI is InChI=1S/C20H22N2O2/c1-18(2)19(3)9-10-20(18,12-15(19)23)17(24)22-14-8-4-6-13-7-5-11-21-16(13)14/h4-8,11H,9-10,12H2,1-3H3,(H,22,24)/t19-,20+/m1/s1. The number of nitrogens with zero attached hydrogens (tertiary/aromatic N) is 1. The van der Waals surface area contributed by atoms with E-state index in [0.29, 0.717) is 6.42 Å². The fourth-order valence-corrected chi connectivity index (χ4v) is 4.81. The first kappa shape index (κ1) is 15.3. The van der Waals surface area contributed by atoms with Crippen LogP contribution in [0.2, 0.25) is 0 Å². The zero-order valence-electron chi connectivity index (χ0n) is 14.3. The van der Waals surface area contributed by atoms with Gasteiger partial charge in [-0.15, -0.1) is 0 Å². The van der Waals surface area contributed by atoms with Gasteiger partial charge >= 0.3 is 0 Å². The number of amides is 1. The van der Waals surface area contributed by atoms with Crippen molar-refractivity contribution in [2.75, 3.05) is 5.32 Å². The second kappa shape index (κ2) is 4.65. The van der Waals surface area contributed by atoms with Crippen LogP contribution in [0.3, 0.4) is 0 Å². The van der Waals surface area contributed by atoms with Gasteiger partial charge in [0.05, 0.1) is 16.6 Å². The summed E-state index contributed by atoms with van der Waals surface area (Å²) in [7, 11) is 0. The smallest absolute Gasteiger partial charge is 0.231 e. The molecule has 0 spiro atoms. The van der Waals surface area contributed by atoms with Crippen molar-refractivity contribution in [3.63, 3.8) is 0 Å². The van der Waals surface area contributed by atoms with Gasteiger partial charge in [-0.25, -0.2) is 0 Å². The lowest BCUT2D eigenvalue weighted by Crippen LogP contribution is -2.43. The van der Waals surface area contributed by atoms with E-state index in [0.717, 1.165) is 29.4 Å². The largest absolute Gasteiger partial charge is 0.324 e. The number of Topliss-reactive ketones (excluding diaryl/α,β-unsaturated/α-hetero) is 1. The summed E-state index contributed by atoms with van der Waals surface area (Å²) in [4.78, 5) is 30.2. The van der Waals surface area contributed by atoms with E-state index in [1.54, 1.807) is 6.20 Å². The lowest BCUT2D eigenvalue weighted by Gasteiger charge is -2.38. The number of aromatic nitrogens is 1. The molecule has 2 aliphatic rings. The summed E-state index contributed by atoms with van der Waals surface area (Å²) in [6.45, 7) is 6.18. The van der Waals surface area contributed by atoms with Gasteiger partial charge < -0.3 is 5.32 Å². The molecule has 0 unspecified atom stereocenters. The molecule has 2 aromatic rings. The van der Waals surface area contributed by atoms with Gasteiger partial charge in [-0.3, -0.25) is 14.6 Å². The quantitative estimate of drug-likeness (QED) is 0.910. The summed E-state index contributed by atoms with van der Waals surface area (Å²) in [6.07, 6.45) is 3.64. The van der Waals surface area contributed by atoms with Crippen LogP contribution in [0.4, 0.5) is 5.69 Å². The number of carbonyl (C=O) groups is 2. The highest BCUT2D eigenvalue weighted by molar-refractivity contribution is 6.07. The van der Waals surface area contributed by atoms with Crippen LogP contribution in [-0.4, -0.2) is 16.7 Å². The minimum Gasteiger partial charge on any atom is -0.324 e. The highest BCUT2D eigenvalue weighted by atomic mass is 16.2. The average Bonchev–Trinajstić information content (AvgIpc) is 2.85. The van der Waals surface area contributed by atoms with E-state index in [4.69, 9.17) is 0 Å². The van der Waals surface area contributed by atoms with E-state index in [-0.39, 0.29) is 22.5 Å². The van der Waals surface area contributed by atoms with Crippen molar-refractivity contribution < 1.29 is 9.59 Å². The number of nitrogens with one attached hydrogen (secondary N) is 1. The van der Waals surface area contributed by atoms with Crippen LogP contribution in [0.1, 0.15) is 40.0 Å². The topological polar surface area (TPSA) is 59.1 Å². The molecule has 1 heterocycles. The number of para-hydroxylation sites is 1.